The minimum atomic E-state index is -0.909. The number of carbonyl (C=O) groups is 4. The molecule has 0 bridgehead atoms. The van der Waals surface area contributed by atoms with Crippen molar-refractivity contribution in [1.82, 2.24) is 0 Å². The van der Waals surface area contributed by atoms with E-state index in [1.54, 1.807) is 24.3 Å². The van der Waals surface area contributed by atoms with Crippen LogP contribution in [0.25, 0.3) is 0 Å². The van der Waals surface area contributed by atoms with Crippen LogP contribution in [0.15, 0.2) is 94.3 Å². The van der Waals surface area contributed by atoms with Gasteiger partial charge in [0.25, 0.3) is 23.6 Å². The van der Waals surface area contributed by atoms with E-state index in [0.29, 0.717) is 9.80 Å². The number of imide groups is 2. The highest BCUT2D eigenvalue weighted by Gasteiger charge is 2.44. The molecule has 2 heterocycles. The van der Waals surface area contributed by atoms with Crippen LogP contribution in [0.2, 0.25) is 0 Å². The standard InChI is InChI=1S/C26H16Cl2N4O6/c27-19-21(29-13-7-1-5-11-17(13)33)25(37)31(23(19)35)15-9-3-4-10-16(15)32-24(36)20(28)22(26(32)38)30-14-8-2-6-12-18(14)34/h1-12,29-30,33-34H. The zero-order valence-corrected chi connectivity index (χ0v) is 20.6. The number of phenols is 2. The number of amides is 4. The monoisotopic (exact) mass is 550 g/mol. The highest BCUT2D eigenvalue weighted by atomic mass is 35.5. The van der Waals surface area contributed by atoms with Crippen molar-refractivity contribution in [2.24, 2.45) is 0 Å². The molecule has 0 radical (unpaired) electrons. The van der Waals surface area contributed by atoms with Crippen molar-refractivity contribution in [3.63, 3.8) is 0 Å². The number of benzene rings is 3. The van der Waals surface area contributed by atoms with Gasteiger partial charge >= 0.3 is 0 Å². The van der Waals surface area contributed by atoms with Gasteiger partial charge in [-0.2, -0.15) is 0 Å². The van der Waals surface area contributed by atoms with Crippen LogP contribution in [-0.4, -0.2) is 33.8 Å². The second-order valence-electron chi connectivity index (χ2n) is 8.04. The summed E-state index contributed by atoms with van der Waals surface area (Å²) >= 11 is 12.4. The molecule has 2 aliphatic heterocycles. The van der Waals surface area contributed by atoms with E-state index in [1.807, 2.05) is 0 Å². The molecular formula is C26H16Cl2N4O6. The van der Waals surface area contributed by atoms with Crippen molar-refractivity contribution in [3.05, 3.63) is 94.3 Å². The fourth-order valence-electron chi connectivity index (χ4n) is 3.93. The average molecular weight is 551 g/mol. The molecule has 38 heavy (non-hydrogen) atoms. The van der Waals surface area contributed by atoms with E-state index in [-0.39, 0.29) is 45.6 Å². The number of rotatable bonds is 6. The second-order valence-corrected chi connectivity index (χ2v) is 8.80. The summed E-state index contributed by atoms with van der Waals surface area (Å²) in [6.07, 6.45) is 0. The average Bonchev–Trinajstić information content (AvgIpc) is 3.24. The first-order chi connectivity index (χ1) is 18.2. The lowest BCUT2D eigenvalue weighted by Gasteiger charge is -2.23. The lowest BCUT2D eigenvalue weighted by molar-refractivity contribution is -0.122. The van der Waals surface area contributed by atoms with Gasteiger partial charge in [0.05, 0.1) is 22.7 Å². The van der Waals surface area contributed by atoms with Crippen molar-refractivity contribution in [3.8, 4) is 11.5 Å². The van der Waals surface area contributed by atoms with Crippen molar-refractivity contribution in [2.75, 3.05) is 20.4 Å². The molecule has 190 valence electrons. The Balaban J connectivity index is 1.49. The summed E-state index contributed by atoms with van der Waals surface area (Å²) in [5.74, 6) is -3.92. The number of phenolic OH excluding ortho intramolecular Hbond substituents is 2. The maximum Gasteiger partial charge on any atom is 0.283 e. The topological polar surface area (TPSA) is 139 Å². The molecule has 10 nitrogen and oxygen atoms in total. The predicted octanol–water partition coefficient (Wildman–Crippen LogP) is 3.97. The Hall–Kier alpha value is -4.80. The van der Waals surface area contributed by atoms with Gasteiger partial charge in [-0.1, -0.05) is 59.6 Å². The minimum Gasteiger partial charge on any atom is -0.506 e. The van der Waals surface area contributed by atoms with Crippen LogP contribution in [0.1, 0.15) is 0 Å². The molecule has 2 aliphatic rings. The van der Waals surface area contributed by atoms with Crippen LogP contribution >= 0.6 is 23.2 Å². The van der Waals surface area contributed by atoms with E-state index in [4.69, 9.17) is 23.2 Å². The summed E-state index contributed by atoms with van der Waals surface area (Å²) in [6, 6.07) is 17.8. The Labute approximate surface area is 225 Å². The molecule has 4 N–H and O–H groups in total. The van der Waals surface area contributed by atoms with Gasteiger partial charge in [-0.3, -0.25) is 19.2 Å². The second kappa shape index (κ2) is 9.58. The maximum absolute atomic E-state index is 13.3. The van der Waals surface area contributed by atoms with Gasteiger partial charge in [-0.25, -0.2) is 9.80 Å². The van der Waals surface area contributed by atoms with E-state index in [9.17, 15) is 29.4 Å². The summed E-state index contributed by atoms with van der Waals surface area (Å²) in [7, 11) is 0. The summed E-state index contributed by atoms with van der Waals surface area (Å²) < 4.78 is 0. The molecule has 0 atom stereocenters. The van der Waals surface area contributed by atoms with Crippen molar-refractivity contribution >= 4 is 69.6 Å². The molecule has 12 heteroatoms. The number of hydrogen-bond acceptors (Lipinski definition) is 8. The zero-order chi connectivity index (χ0) is 27.1. The molecule has 0 saturated heterocycles. The molecule has 0 spiro atoms. The van der Waals surface area contributed by atoms with Gasteiger partial charge < -0.3 is 20.8 Å². The highest BCUT2D eigenvalue weighted by Crippen LogP contribution is 2.40. The van der Waals surface area contributed by atoms with Gasteiger partial charge in [0.1, 0.15) is 33.0 Å². The number of carbonyl (C=O) groups excluding carboxylic acids is 4. The number of anilines is 4. The molecule has 3 aromatic carbocycles. The van der Waals surface area contributed by atoms with E-state index in [1.165, 1.54) is 48.5 Å². The van der Waals surface area contributed by atoms with Crippen LogP contribution in [0.4, 0.5) is 22.7 Å². The van der Waals surface area contributed by atoms with Gasteiger partial charge in [-0.05, 0) is 36.4 Å². The fraction of sp³-hybridized carbons (Fsp3) is 0. The number of nitrogens with zero attached hydrogens (tertiary/aromatic N) is 2. The molecule has 0 fully saturated rings. The zero-order valence-electron chi connectivity index (χ0n) is 19.1. The largest absolute Gasteiger partial charge is 0.506 e. The van der Waals surface area contributed by atoms with Crippen LogP contribution in [0, 0.1) is 0 Å². The Kier molecular flexibility index (Phi) is 6.27. The molecule has 5 rings (SSSR count). The SMILES string of the molecule is O=C1C(Cl)=C(Nc2ccccc2O)C(=O)N1c1ccccc1N1C(=O)C(Cl)=C(Nc2ccccc2O)C1=O. The predicted molar refractivity (Wildman–Crippen MR) is 141 cm³/mol. The van der Waals surface area contributed by atoms with Crippen LogP contribution in [0.5, 0.6) is 11.5 Å². The van der Waals surface area contributed by atoms with E-state index in [0.717, 1.165) is 0 Å². The van der Waals surface area contributed by atoms with Gasteiger partial charge in [-0.15, -0.1) is 0 Å². The Morgan fingerprint density at radius 1 is 0.526 bits per heavy atom. The lowest BCUT2D eigenvalue weighted by atomic mass is 10.2. The summed E-state index contributed by atoms with van der Waals surface area (Å²) in [5.41, 5.74) is -0.542. The number of halogens is 2. The molecule has 0 aliphatic carbocycles. The molecular weight excluding hydrogens is 535 g/mol. The number of nitrogens with one attached hydrogen (secondary N) is 2. The summed E-state index contributed by atoms with van der Waals surface area (Å²) in [5, 5.41) is 24.5. The molecule has 4 amide bonds. The Morgan fingerprint density at radius 3 is 1.24 bits per heavy atom. The quantitative estimate of drug-likeness (QED) is 0.267. The first kappa shape index (κ1) is 24.9. The molecule has 0 saturated carbocycles. The van der Waals surface area contributed by atoms with Gasteiger partial charge in [0.15, 0.2) is 0 Å². The Bertz CT molecular complexity index is 1500. The van der Waals surface area contributed by atoms with Crippen molar-refractivity contribution in [2.45, 2.75) is 0 Å². The number of para-hydroxylation sites is 6. The summed E-state index contributed by atoms with van der Waals surface area (Å²) in [4.78, 5) is 54.3. The number of aromatic hydroxyl groups is 2. The third kappa shape index (κ3) is 4.01. The molecule has 0 aromatic heterocycles. The van der Waals surface area contributed by atoms with Crippen molar-refractivity contribution in [1.29, 1.82) is 0 Å². The van der Waals surface area contributed by atoms with Crippen molar-refractivity contribution < 1.29 is 29.4 Å². The summed E-state index contributed by atoms with van der Waals surface area (Å²) in [6.45, 7) is 0. The normalized spacial score (nSPS) is 15.7. The van der Waals surface area contributed by atoms with E-state index < -0.39 is 33.7 Å². The fourth-order valence-corrected chi connectivity index (χ4v) is 4.36. The molecule has 0 unspecified atom stereocenters. The number of hydrogen-bond donors (Lipinski definition) is 4. The lowest BCUT2D eigenvalue weighted by Crippen LogP contribution is -2.37. The van der Waals surface area contributed by atoms with Crippen LogP contribution < -0.4 is 20.4 Å². The van der Waals surface area contributed by atoms with Crippen LogP contribution in [-0.2, 0) is 19.2 Å². The van der Waals surface area contributed by atoms with Gasteiger partial charge in [0, 0.05) is 0 Å². The maximum atomic E-state index is 13.3. The van der Waals surface area contributed by atoms with Gasteiger partial charge in [0.2, 0.25) is 0 Å². The third-order valence-corrected chi connectivity index (χ3v) is 6.45. The van der Waals surface area contributed by atoms with Crippen LogP contribution in [0.3, 0.4) is 0 Å². The smallest absolute Gasteiger partial charge is 0.283 e. The van der Waals surface area contributed by atoms with E-state index in [2.05, 4.69) is 10.6 Å². The molecule has 3 aromatic rings. The first-order valence-corrected chi connectivity index (χ1v) is 11.7. The first-order valence-electron chi connectivity index (χ1n) is 11.0. The van der Waals surface area contributed by atoms with E-state index >= 15 is 0 Å². The minimum absolute atomic E-state index is 0.107. The Morgan fingerprint density at radius 2 is 0.868 bits per heavy atom. The highest BCUT2D eigenvalue weighted by molar-refractivity contribution is 6.55. The third-order valence-electron chi connectivity index (χ3n) is 5.75.